The third kappa shape index (κ3) is 7.16. The van der Waals surface area contributed by atoms with Gasteiger partial charge in [-0.15, -0.1) is 11.3 Å². The van der Waals surface area contributed by atoms with Crippen LogP contribution in [0.25, 0.3) is 22.4 Å². The number of sulfonamides is 1. The molecule has 0 radical (unpaired) electrons. The van der Waals surface area contributed by atoms with E-state index in [1.165, 1.54) is 16.2 Å². The first-order valence-electron chi connectivity index (χ1n) is 15.9. The molecule has 2 aliphatic heterocycles. The van der Waals surface area contributed by atoms with Gasteiger partial charge >= 0.3 is 5.97 Å². The number of amides is 2. The Bertz CT molecular complexity index is 1700. The lowest BCUT2D eigenvalue weighted by molar-refractivity contribution is -0.142. The highest BCUT2D eigenvalue weighted by atomic mass is 32.2. The third-order valence-corrected chi connectivity index (χ3v) is 11.1. The molecule has 2 aromatic heterocycles. The fraction of sp³-hybridized carbons (Fsp3) is 0.485. The van der Waals surface area contributed by atoms with Crippen LogP contribution in [0.1, 0.15) is 57.8 Å². The van der Waals surface area contributed by atoms with Crippen molar-refractivity contribution in [3.05, 3.63) is 48.0 Å². The van der Waals surface area contributed by atoms with Crippen molar-refractivity contribution in [2.24, 2.45) is 17.8 Å². The Kier molecular flexibility index (Phi) is 9.53. The summed E-state index contributed by atoms with van der Waals surface area (Å²) in [6, 6.07) is 11.0. The van der Waals surface area contributed by atoms with Crippen LogP contribution in [0.3, 0.4) is 0 Å². The van der Waals surface area contributed by atoms with Gasteiger partial charge in [0.25, 0.3) is 0 Å². The van der Waals surface area contributed by atoms with Crippen molar-refractivity contribution in [1.29, 1.82) is 0 Å². The topological polar surface area (TPSA) is 150 Å². The lowest BCUT2D eigenvalue weighted by atomic mass is 9.74. The Hall–Kier alpha value is -3.68. The van der Waals surface area contributed by atoms with Crippen LogP contribution in [-0.2, 0) is 24.4 Å². The monoisotopic (exact) mass is 665 g/mol. The van der Waals surface area contributed by atoms with Crippen LogP contribution in [0.4, 0.5) is 10.9 Å². The predicted molar refractivity (Wildman–Crippen MR) is 177 cm³/mol. The number of benzene rings is 1. The summed E-state index contributed by atoms with van der Waals surface area (Å²) in [6.07, 6.45) is 9.02. The summed E-state index contributed by atoms with van der Waals surface area (Å²) in [5.41, 5.74) is 3.19. The van der Waals surface area contributed by atoms with E-state index in [2.05, 4.69) is 9.71 Å². The first kappa shape index (κ1) is 32.3. The van der Waals surface area contributed by atoms with E-state index < -0.39 is 28.0 Å². The molecule has 2 saturated heterocycles. The minimum absolute atomic E-state index is 0.0641. The molecular weight excluding hydrogens is 627 g/mol. The van der Waals surface area contributed by atoms with Crippen LogP contribution in [0, 0.1) is 17.8 Å². The molecule has 46 heavy (non-hydrogen) atoms. The van der Waals surface area contributed by atoms with E-state index in [0.717, 1.165) is 55.1 Å². The number of nitrogens with zero attached hydrogens (tertiary/aromatic N) is 4. The molecule has 2 amide bonds. The van der Waals surface area contributed by atoms with Gasteiger partial charge in [0.2, 0.25) is 21.8 Å². The van der Waals surface area contributed by atoms with Crippen LogP contribution in [0.15, 0.2) is 48.0 Å². The molecule has 6 rings (SSSR count). The molecule has 13 heteroatoms. The molecule has 0 spiro atoms. The Morgan fingerprint density at radius 3 is 2.43 bits per heavy atom. The number of hydrogen-bond acceptors (Lipinski definition) is 8. The van der Waals surface area contributed by atoms with Gasteiger partial charge < -0.3 is 5.11 Å². The normalized spacial score (nSPS) is 23.1. The number of hydrogen-bond donors (Lipinski definition) is 2. The van der Waals surface area contributed by atoms with Gasteiger partial charge in [0.05, 0.1) is 24.3 Å². The first-order valence-corrected chi connectivity index (χ1v) is 18.7. The van der Waals surface area contributed by atoms with Gasteiger partial charge in [0.1, 0.15) is 5.82 Å². The van der Waals surface area contributed by atoms with E-state index in [4.69, 9.17) is 4.98 Å². The van der Waals surface area contributed by atoms with E-state index in [-0.39, 0.29) is 36.6 Å². The van der Waals surface area contributed by atoms with Crippen LogP contribution in [0.2, 0.25) is 0 Å². The van der Waals surface area contributed by atoms with Crippen LogP contribution < -0.4 is 14.5 Å². The minimum Gasteiger partial charge on any atom is -0.481 e. The second-order valence-electron chi connectivity index (χ2n) is 12.6. The third-order valence-electron chi connectivity index (χ3n) is 9.47. The summed E-state index contributed by atoms with van der Waals surface area (Å²) in [7, 11) is -3.56. The smallest absolute Gasteiger partial charge is 0.304 e. The van der Waals surface area contributed by atoms with Gasteiger partial charge in [-0.2, -0.15) is 0 Å². The molecule has 11 nitrogen and oxygen atoms in total. The zero-order valence-electron chi connectivity index (χ0n) is 25.8. The van der Waals surface area contributed by atoms with Crippen molar-refractivity contribution >= 4 is 50.1 Å². The highest BCUT2D eigenvalue weighted by Gasteiger charge is 2.42. The molecule has 0 bridgehead atoms. The summed E-state index contributed by atoms with van der Waals surface area (Å²) in [5, 5.41) is 12.1. The number of rotatable bonds is 9. The van der Waals surface area contributed by atoms with Gasteiger partial charge in [0.15, 0.2) is 5.13 Å². The fourth-order valence-corrected chi connectivity index (χ4v) is 9.03. The highest BCUT2D eigenvalue weighted by Crippen LogP contribution is 2.43. The average Bonchev–Trinajstić information content (AvgIpc) is 3.81. The van der Waals surface area contributed by atoms with E-state index in [1.54, 1.807) is 11.1 Å². The maximum Gasteiger partial charge on any atom is 0.304 e. The molecule has 4 heterocycles. The van der Waals surface area contributed by atoms with Crippen molar-refractivity contribution in [2.45, 2.75) is 63.8 Å². The summed E-state index contributed by atoms with van der Waals surface area (Å²) >= 11 is 1.28. The summed E-state index contributed by atoms with van der Waals surface area (Å²) in [5.74, 6) is -1.27. The molecule has 244 valence electrons. The average molecular weight is 666 g/mol. The van der Waals surface area contributed by atoms with Crippen molar-refractivity contribution in [2.75, 3.05) is 29.1 Å². The maximum atomic E-state index is 14.3. The van der Waals surface area contributed by atoms with Crippen molar-refractivity contribution in [3.63, 3.8) is 0 Å². The largest absolute Gasteiger partial charge is 0.481 e. The van der Waals surface area contributed by atoms with Crippen LogP contribution >= 0.6 is 11.3 Å². The minimum atomic E-state index is -3.56. The number of carboxylic acids is 1. The van der Waals surface area contributed by atoms with Gasteiger partial charge in [-0.25, -0.2) is 23.1 Å². The number of aromatic nitrogens is 2. The molecule has 3 aliphatic rings. The van der Waals surface area contributed by atoms with E-state index in [0.29, 0.717) is 42.5 Å². The zero-order valence-corrected chi connectivity index (χ0v) is 27.4. The lowest BCUT2D eigenvalue weighted by Crippen LogP contribution is -2.51. The second-order valence-corrected chi connectivity index (χ2v) is 15.3. The standard InChI is InChI=1S/C33H39N5O6S2/c1-46(43,44)36-23-13-14-25(21-7-2-3-8-21)27(17-31(40)41)32(42)38(19-23)33-35-28(20-45-33)26-10-5-4-9-24(26)22-12-15-29(34-18-22)37-16-6-11-30(37)39/h4-5,9-10,12,15,18,20-21,23,25,27,36H,2-3,6-8,11,13-14,16-17,19H2,1H3,(H,40,41)/t23-,25?,27+/m1/s1. The van der Waals surface area contributed by atoms with Gasteiger partial charge in [-0.1, -0.05) is 49.9 Å². The van der Waals surface area contributed by atoms with E-state index >= 15 is 0 Å². The Balaban J connectivity index is 1.33. The Morgan fingerprint density at radius 1 is 1.02 bits per heavy atom. The Labute approximate surface area is 273 Å². The quantitative estimate of drug-likeness (QED) is 0.326. The van der Waals surface area contributed by atoms with E-state index in [1.807, 2.05) is 41.8 Å². The van der Waals surface area contributed by atoms with Gasteiger partial charge in [-0.05, 0) is 48.8 Å². The highest BCUT2D eigenvalue weighted by molar-refractivity contribution is 7.88. The van der Waals surface area contributed by atoms with Gasteiger partial charge in [0, 0.05) is 48.3 Å². The number of aliphatic carboxylic acids is 1. The number of thiazole rings is 1. The summed E-state index contributed by atoms with van der Waals surface area (Å²) in [4.78, 5) is 51.2. The van der Waals surface area contributed by atoms with Crippen molar-refractivity contribution in [3.8, 4) is 22.4 Å². The van der Waals surface area contributed by atoms with E-state index in [9.17, 15) is 27.9 Å². The molecule has 1 aromatic carbocycles. The molecule has 1 aliphatic carbocycles. The first-order chi connectivity index (χ1) is 22.1. The number of nitrogens with one attached hydrogen (secondary N) is 1. The molecule has 2 N–H and O–H groups in total. The second kappa shape index (κ2) is 13.6. The molecule has 3 atom stereocenters. The molecule has 1 unspecified atom stereocenters. The number of pyridine rings is 1. The maximum absolute atomic E-state index is 14.3. The number of carbonyl (C=O) groups is 3. The fourth-order valence-electron chi connectivity index (χ4n) is 7.39. The van der Waals surface area contributed by atoms with Crippen molar-refractivity contribution in [1.82, 2.24) is 14.7 Å². The van der Waals surface area contributed by atoms with Gasteiger partial charge in [-0.3, -0.25) is 24.2 Å². The lowest BCUT2D eigenvalue weighted by Gasteiger charge is -2.38. The SMILES string of the molecule is CS(=O)(=O)N[C@@H]1CCC(C2CCCC2)[C@H](CC(=O)O)C(=O)N(c2nc(-c3ccccc3-c3ccc(N4CCCC4=O)nc3)cs2)C1. The molecule has 3 aromatic rings. The summed E-state index contributed by atoms with van der Waals surface area (Å²) in [6.45, 7) is 0.725. The molecule has 1 saturated carbocycles. The molecular formula is C33H39N5O6S2. The number of carboxylic acid groups (broad SMARTS) is 1. The molecule has 3 fully saturated rings. The Morgan fingerprint density at radius 2 is 1.78 bits per heavy atom. The summed E-state index contributed by atoms with van der Waals surface area (Å²) < 4.78 is 27.3. The van der Waals surface area contributed by atoms with Crippen molar-refractivity contribution < 1.29 is 27.9 Å². The number of carbonyl (C=O) groups excluding carboxylic acids is 2. The van der Waals surface area contributed by atoms with Crippen LogP contribution in [-0.4, -0.2) is 66.7 Å². The number of anilines is 2. The predicted octanol–water partition coefficient (Wildman–Crippen LogP) is 4.94. The zero-order chi connectivity index (χ0) is 32.4. The van der Waals surface area contributed by atoms with Crippen LogP contribution in [0.5, 0.6) is 0 Å².